The van der Waals surface area contributed by atoms with Crippen LogP contribution in [0.5, 0.6) is 0 Å². The van der Waals surface area contributed by atoms with Gasteiger partial charge in [0.1, 0.15) is 17.2 Å². The monoisotopic (exact) mass is 568 g/mol. The molecule has 7 nitrogen and oxygen atoms in total. The second-order valence-corrected chi connectivity index (χ2v) is 11.9. The summed E-state index contributed by atoms with van der Waals surface area (Å²) in [6, 6.07) is 6.51. The van der Waals surface area contributed by atoms with E-state index in [4.69, 9.17) is 9.47 Å². The van der Waals surface area contributed by atoms with Gasteiger partial charge in [-0.3, -0.25) is 9.69 Å². The number of nitrogens with zero attached hydrogens (tertiary/aromatic N) is 4. The first-order valence-corrected chi connectivity index (χ1v) is 14.8. The molecule has 2 aliphatic rings. The number of benzene rings is 1. The summed E-state index contributed by atoms with van der Waals surface area (Å²) in [5.74, 6) is -0.129. The van der Waals surface area contributed by atoms with Crippen LogP contribution in [0.2, 0.25) is 0 Å². The molecule has 0 saturated carbocycles. The molecule has 0 N–H and O–H groups in total. The number of aromatic nitrogens is 2. The van der Waals surface area contributed by atoms with Crippen LogP contribution < -0.4 is 0 Å². The van der Waals surface area contributed by atoms with Crippen molar-refractivity contribution in [2.45, 2.75) is 78.7 Å². The summed E-state index contributed by atoms with van der Waals surface area (Å²) in [5.41, 5.74) is 2.64. The van der Waals surface area contributed by atoms with Gasteiger partial charge in [-0.2, -0.15) is 4.39 Å². The van der Waals surface area contributed by atoms with E-state index in [1.165, 1.54) is 12.1 Å². The molecule has 9 heteroatoms. The third-order valence-corrected chi connectivity index (χ3v) is 8.63. The van der Waals surface area contributed by atoms with Crippen LogP contribution in [0.3, 0.4) is 0 Å². The summed E-state index contributed by atoms with van der Waals surface area (Å²) in [7, 11) is 0. The molecule has 2 aromatic heterocycles. The van der Waals surface area contributed by atoms with Crippen molar-refractivity contribution in [1.82, 2.24) is 19.2 Å². The largest absolute Gasteiger partial charge is 0.350 e. The molecule has 3 aromatic rings. The predicted molar refractivity (Wildman–Crippen MR) is 155 cm³/mol. The lowest BCUT2D eigenvalue weighted by atomic mass is 9.85. The highest BCUT2D eigenvalue weighted by atomic mass is 19.1. The number of ether oxygens (including phenoxy) is 2. The van der Waals surface area contributed by atoms with E-state index >= 15 is 4.39 Å². The van der Waals surface area contributed by atoms with E-state index in [1.807, 2.05) is 33.0 Å². The minimum Gasteiger partial charge on any atom is -0.350 e. The van der Waals surface area contributed by atoms with E-state index in [-0.39, 0.29) is 29.7 Å². The number of amides is 1. The van der Waals surface area contributed by atoms with Gasteiger partial charge in [0, 0.05) is 49.4 Å². The zero-order valence-corrected chi connectivity index (χ0v) is 25.0. The van der Waals surface area contributed by atoms with Crippen molar-refractivity contribution in [3.63, 3.8) is 0 Å². The van der Waals surface area contributed by atoms with Gasteiger partial charge in [-0.25, -0.2) is 9.37 Å². The predicted octanol–water partition coefficient (Wildman–Crippen LogP) is 6.04. The maximum Gasteiger partial charge on any atom is 0.254 e. The fourth-order valence-corrected chi connectivity index (χ4v) is 6.40. The van der Waals surface area contributed by atoms with Crippen LogP contribution in [-0.4, -0.2) is 76.3 Å². The van der Waals surface area contributed by atoms with E-state index < -0.39 is 11.8 Å². The second-order valence-electron chi connectivity index (χ2n) is 11.9. The highest BCUT2D eigenvalue weighted by Crippen LogP contribution is 2.38. The normalized spacial score (nSPS) is 17.6. The maximum atomic E-state index is 15.3. The zero-order valence-electron chi connectivity index (χ0n) is 25.0. The number of carbonyl (C=O) groups is 1. The molecule has 1 aromatic carbocycles. The number of likely N-dealkylation sites (tertiary alicyclic amines) is 1. The van der Waals surface area contributed by atoms with Gasteiger partial charge >= 0.3 is 0 Å². The Morgan fingerprint density at radius 2 is 1.80 bits per heavy atom. The number of imidazole rings is 1. The molecule has 2 fully saturated rings. The lowest BCUT2D eigenvalue weighted by Crippen LogP contribution is -2.52. The number of carbonyl (C=O) groups excluding carboxylic acids is 1. The number of aryl methyl sites for hydroxylation is 1. The van der Waals surface area contributed by atoms with E-state index in [0.29, 0.717) is 54.2 Å². The van der Waals surface area contributed by atoms with Crippen molar-refractivity contribution in [2.24, 2.45) is 5.92 Å². The summed E-state index contributed by atoms with van der Waals surface area (Å²) in [5, 5.41) is 0. The van der Waals surface area contributed by atoms with Crippen LogP contribution in [0.1, 0.15) is 75.1 Å². The Morgan fingerprint density at radius 1 is 1.10 bits per heavy atom. The topological polar surface area (TPSA) is 59.3 Å². The Kier molecular flexibility index (Phi) is 8.78. The molecule has 1 atom stereocenters. The van der Waals surface area contributed by atoms with Gasteiger partial charge in [-0.15, -0.1) is 0 Å². The molecular weight excluding hydrogens is 526 g/mol. The number of fused-ring (bicyclic) bond motifs is 1. The Balaban J connectivity index is 1.48. The van der Waals surface area contributed by atoms with Crippen LogP contribution in [-0.2, 0) is 9.47 Å². The van der Waals surface area contributed by atoms with Crippen molar-refractivity contribution in [1.29, 1.82) is 0 Å². The Bertz CT molecular complexity index is 1390. The summed E-state index contributed by atoms with van der Waals surface area (Å²) in [6.07, 6.45) is 3.73. The fourth-order valence-electron chi connectivity index (χ4n) is 6.40. The van der Waals surface area contributed by atoms with Gasteiger partial charge in [0.25, 0.3) is 5.91 Å². The van der Waals surface area contributed by atoms with Crippen molar-refractivity contribution >= 4 is 11.4 Å². The smallest absolute Gasteiger partial charge is 0.254 e. The minimum atomic E-state index is -0.602. The number of rotatable bonds is 10. The first kappa shape index (κ1) is 29.6. The van der Waals surface area contributed by atoms with E-state index in [2.05, 4.69) is 23.7 Å². The molecule has 0 spiro atoms. The standard InChI is InChI=1S/C32H42F2N4O3/c1-7-37(20(4)5)32(39)27-15-24(33)8-9-25(27)26-14-22(18-38-21(6)35-31(34)30(26)38)23-16-36(17-23)28(19(2)3)10-11-29-40-12-13-41-29/h8-9,14-15,18-20,23,28-29H,7,10-13,16-17H2,1-6H3/t28-/m0/s1. The number of halogens is 2. The number of hydrogen-bond acceptors (Lipinski definition) is 5. The van der Waals surface area contributed by atoms with Crippen LogP contribution in [0, 0.1) is 24.6 Å². The van der Waals surface area contributed by atoms with Gasteiger partial charge in [0.15, 0.2) is 6.29 Å². The number of hydrogen-bond donors (Lipinski definition) is 0. The molecule has 2 aliphatic heterocycles. The average Bonchev–Trinajstić information content (AvgIpc) is 3.52. The molecule has 41 heavy (non-hydrogen) atoms. The quantitative estimate of drug-likeness (QED) is 0.299. The van der Waals surface area contributed by atoms with Crippen LogP contribution in [0.15, 0.2) is 30.5 Å². The molecule has 4 heterocycles. The lowest BCUT2D eigenvalue weighted by Gasteiger charge is -2.46. The molecular formula is C32H42F2N4O3. The first-order chi connectivity index (χ1) is 19.6. The highest BCUT2D eigenvalue weighted by Gasteiger charge is 2.36. The fraction of sp³-hybridized carbons (Fsp3) is 0.562. The number of pyridine rings is 1. The molecule has 2 saturated heterocycles. The van der Waals surface area contributed by atoms with Crippen molar-refractivity contribution in [2.75, 3.05) is 32.8 Å². The molecule has 222 valence electrons. The summed E-state index contributed by atoms with van der Waals surface area (Å²) < 4.78 is 42.9. The summed E-state index contributed by atoms with van der Waals surface area (Å²) in [4.78, 5) is 21.9. The molecule has 5 rings (SSSR count). The molecule has 0 aliphatic carbocycles. The Morgan fingerprint density at radius 3 is 2.44 bits per heavy atom. The van der Waals surface area contributed by atoms with Crippen molar-refractivity contribution in [3.8, 4) is 11.1 Å². The van der Waals surface area contributed by atoms with Gasteiger partial charge < -0.3 is 18.8 Å². The highest BCUT2D eigenvalue weighted by molar-refractivity contribution is 6.03. The zero-order chi connectivity index (χ0) is 29.4. The second kappa shape index (κ2) is 12.2. The van der Waals surface area contributed by atoms with E-state index in [1.54, 1.807) is 22.3 Å². The van der Waals surface area contributed by atoms with E-state index in [9.17, 15) is 9.18 Å². The Hall–Kier alpha value is -2.88. The summed E-state index contributed by atoms with van der Waals surface area (Å²) >= 11 is 0. The van der Waals surface area contributed by atoms with Crippen LogP contribution in [0.4, 0.5) is 8.78 Å². The molecule has 0 unspecified atom stereocenters. The molecule has 0 bridgehead atoms. The van der Waals surface area contributed by atoms with E-state index in [0.717, 1.165) is 31.5 Å². The molecule has 0 radical (unpaired) electrons. The van der Waals surface area contributed by atoms with Gasteiger partial charge in [-0.1, -0.05) is 19.9 Å². The van der Waals surface area contributed by atoms with Crippen molar-refractivity contribution < 1.29 is 23.0 Å². The lowest BCUT2D eigenvalue weighted by molar-refractivity contribution is -0.0564. The third-order valence-electron chi connectivity index (χ3n) is 8.63. The molecule has 1 amide bonds. The third kappa shape index (κ3) is 5.90. The Labute approximate surface area is 241 Å². The summed E-state index contributed by atoms with van der Waals surface area (Å²) in [6.45, 7) is 15.6. The van der Waals surface area contributed by atoms with Gasteiger partial charge in [0.05, 0.1) is 18.8 Å². The van der Waals surface area contributed by atoms with Crippen molar-refractivity contribution in [3.05, 3.63) is 59.2 Å². The first-order valence-electron chi connectivity index (χ1n) is 14.8. The maximum absolute atomic E-state index is 15.3. The van der Waals surface area contributed by atoms with Gasteiger partial charge in [-0.05, 0) is 75.8 Å². The van der Waals surface area contributed by atoms with Crippen LogP contribution in [0.25, 0.3) is 16.6 Å². The minimum absolute atomic E-state index is 0.0643. The average molecular weight is 569 g/mol. The van der Waals surface area contributed by atoms with Crippen LogP contribution >= 0.6 is 0 Å². The van der Waals surface area contributed by atoms with Gasteiger partial charge in [0.2, 0.25) is 5.95 Å². The SMILES string of the molecule is CCN(C(=O)c1cc(F)ccc1-c1cc(C2CN([C@@H](CCC3OCCO3)C(C)C)C2)cn2c(C)nc(F)c12)C(C)C.